The van der Waals surface area contributed by atoms with E-state index in [1.807, 2.05) is 18.2 Å². The second kappa shape index (κ2) is 6.06. The normalized spacial score (nSPS) is 12.9. The molecule has 0 aliphatic rings. The number of para-hydroxylation sites is 1. The van der Waals surface area contributed by atoms with E-state index in [1.165, 1.54) is 12.1 Å². The molecule has 0 aliphatic heterocycles. The van der Waals surface area contributed by atoms with Crippen LogP contribution in [-0.4, -0.2) is 24.5 Å². The van der Waals surface area contributed by atoms with Gasteiger partial charge in [-0.2, -0.15) is 5.10 Å². The van der Waals surface area contributed by atoms with E-state index in [-0.39, 0.29) is 10.8 Å². The van der Waals surface area contributed by atoms with E-state index in [1.54, 1.807) is 25.1 Å². The Hall–Kier alpha value is -2.71. The average Bonchev–Trinajstić information content (AvgIpc) is 2.98. The molecule has 0 fully saturated rings. The van der Waals surface area contributed by atoms with E-state index < -0.39 is 16.1 Å². The second-order valence-corrected chi connectivity index (χ2v) is 6.99. The lowest BCUT2D eigenvalue weighted by molar-refractivity contribution is 0.0936. The summed E-state index contributed by atoms with van der Waals surface area (Å²) in [4.78, 5) is 12.5. The molecule has 124 valence electrons. The van der Waals surface area contributed by atoms with E-state index in [2.05, 4.69) is 15.5 Å². The van der Waals surface area contributed by atoms with Gasteiger partial charge in [-0.1, -0.05) is 30.3 Å². The summed E-state index contributed by atoms with van der Waals surface area (Å²) in [5.74, 6) is -0.346. The third-order valence-corrected chi connectivity index (χ3v) is 4.63. The number of hydrogen-bond acceptors (Lipinski definition) is 4. The Labute approximate surface area is 138 Å². The average molecular weight is 344 g/mol. The van der Waals surface area contributed by atoms with Crippen molar-refractivity contribution >= 4 is 26.8 Å². The minimum atomic E-state index is -3.79. The SMILES string of the molecule is C[C@@H](NC(=O)c1n[nH]c2ccccc12)c1cccc(S(N)(=O)=O)c1. The molecule has 0 aliphatic carbocycles. The highest BCUT2D eigenvalue weighted by Gasteiger charge is 2.18. The molecule has 3 rings (SSSR count). The number of rotatable bonds is 4. The van der Waals surface area contributed by atoms with Crippen LogP contribution >= 0.6 is 0 Å². The number of primary sulfonamides is 1. The van der Waals surface area contributed by atoms with Gasteiger partial charge in [-0.15, -0.1) is 0 Å². The van der Waals surface area contributed by atoms with Gasteiger partial charge in [0.1, 0.15) is 0 Å². The number of sulfonamides is 1. The molecule has 1 aromatic heterocycles. The Morgan fingerprint density at radius 1 is 1.21 bits per heavy atom. The lowest BCUT2D eigenvalue weighted by Crippen LogP contribution is -2.27. The number of aromatic amines is 1. The number of benzene rings is 2. The Morgan fingerprint density at radius 3 is 2.71 bits per heavy atom. The standard InChI is InChI=1S/C16H16N4O3S/c1-10(11-5-4-6-12(9-11)24(17,22)23)18-16(21)15-13-7-2-3-8-14(13)19-20-15/h2-10H,1H3,(H,18,21)(H,19,20)(H2,17,22,23)/t10-/m1/s1. The topological polar surface area (TPSA) is 118 Å². The molecule has 1 amide bonds. The molecule has 0 bridgehead atoms. The highest BCUT2D eigenvalue weighted by Crippen LogP contribution is 2.19. The number of H-pyrrole nitrogens is 1. The van der Waals surface area contributed by atoms with E-state index in [9.17, 15) is 13.2 Å². The molecule has 3 aromatic rings. The van der Waals surface area contributed by atoms with Gasteiger partial charge >= 0.3 is 0 Å². The van der Waals surface area contributed by atoms with E-state index in [0.717, 1.165) is 10.9 Å². The van der Waals surface area contributed by atoms with Gasteiger partial charge in [0.2, 0.25) is 10.0 Å². The number of fused-ring (bicyclic) bond motifs is 1. The Bertz CT molecular complexity index is 1010. The van der Waals surface area contributed by atoms with Gasteiger partial charge in [-0.25, -0.2) is 13.6 Å². The predicted molar refractivity (Wildman–Crippen MR) is 89.8 cm³/mol. The summed E-state index contributed by atoms with van der Waals surface area (Å²) in [5.41, 5.74) is 1.70. The van der Waals surface area contributed by atoms with Gasteiger partial charge in [0.25, 0.3) is 5.91 Å². The summed E-state index contributed by atoms with van der Waals surface area (Å²) in [6.45, 7) is 1.76. The lowest BCUT2D eigenvalue weighted by atomic mass is 10.1. The fourth-order valence-electron chi connectivity index (χ4n) is 2.45. The van der Waals surface area contributed by atoms with E-state index in [0.29, 0.717) is 11.3 Å². The molecule has 1 heterocycles. The molecular formula is C16H16N4O3S. The van der Waals surface area contributed by atoms with Gasteiger partial charge in [0, 0.05) is 5.39 Å². The highest BCUT2D eigenvalue weighted by atomic mass is 32.2. The molecule has 1 atom stereocenters. The van der Waals surface area contributed by atoms with Crippen molar-refractivity contribution in [2.24, 2.45) is 5.14 Å². The Balaban J connectivity index is 1.84. The molecule has 0 unspecified atom stereocenters. The third kappa shape index (κ3) is 3.15. The van der Waals surface area contributed by atoms with Gasteiger partial charge in [-0.3, -0.25) is 9.89 Å². The number of nitrogens with two attached hydrogens (primary N) is 1. The number of nitrogens with one attached hydrogen (secondary N) is 2. The van der Waals surface area contributed by atoms with Crippen molar-refractivity contribution in [1.82, 2.24) is 15.5 Å². The molecule has 0 spiro atoms. The Kier molecular flexibility index (Phi) is 4.08. The zero-order valence-electron chi connectivity index (χ0n) is 12.9. The first-order valence-electron chi connectivity index (χ1n) is 7.23. The van der Waals surface area contributed by atoms with Crippen LogP contribution in [0.3, 0.4) is 0 Å². The van der Waals surface area contributed by atoms with Crippen molar-refractivity contribution in [1.29, 1.82) is 0 Å². The molecule has 8 heteroatoms. The maximum absolute atomic E-state index is 12.4. The zero-order valence-corrected chi connectivity index (χ0v) is 13.7. The second-order valence-electron chi connectivity index (χ2n) is 5.43. The lowest BCUT2D eigenvalue weighted by Gasteiger charge is -2.14. The van der Waals surface area contributed by atoms with Crippen LogP contribution in [0.25, 0.3) is 10.9 Å². The smallest absolute Gasteiger partial charge is 0.272 e. The van der Waals surface area contributed by atoms with Gasteiger partial charge in [0.15, 0.2) is 5.69 Å². The summed E-state index contributed by atoms with van der Waals surface area (Å²) in [5, 5.41) is 15.5. The van der Waals surface area contributed by atoms with Crippen LogP contribution in [0.5, 0.6) is 0 Å². The summed E-state index contributed by atoms with van der Waals surface area (Å²) >= 11 is 0. The molecule has 2 aromatic carbocycles. The van der Waals surface area contributed by atoms with Crippen molar-refractivity contribution in [3.63, 3.8) is 0 Å². The number of nitrogens with zero attached hydrogens (tertiary/aromatic N) is 1. The maximum atomic E-state index is 12.4. The van der Waals surface area contributed by atoms with Crippen molar-refractivity contribution < 1.29 is 13.2 Å². The molecule has 0 radical (unpaired) electrons. The minimum Gasteiger partial charge on any atom is -0.344 e. The fourth-order valence-corrected chi connectivity index (χ4v) is 3.01. The Morgan fingerprint density at radius 2 is 1.96 bits per heavy atom. The quantitative estimate of drug-likeness (QED) is 0.667. The largest absolute Gasteiger partial charge is 0.344 e. The molecule has 7 nitrogen and oxygen atoms in total. The summed E-state index contributed by atoms with van der Waals surface area (Å²) in [6.07, 6.45) is 0. The molecular weight excluding hydrogens is 328 g/mol. The van der Waals surface area contributed by atoms with Crippen LogP contribution in [-0.2, 0) is 10.0 Å². The van der Waals surface area contributed by atoms with Crippen LogP contribution in [0, 0.1) is 0 Å². The highest BCUT2D eigenvalue weighted by molar-refractivity contribution is 7.89. The number of aromatic nitrogens is 2. The fraction of sp³-hybridized carbons (Fsp3) is 0.125. The van der Waals surface area contributed by atoms with Crippen LogP contribution in [0.2, 0.25) is 0 Å². The van der Waals surface area contributed by atoms with Crippen LogP contribution in [0.1, 0.15) is 29.0 Å². The maximum Gasteiger partial charge on any atom is 0.272 e. The number of carbonyl (C=O) groups excluding carboxylic acids is 1. The first-order chi connectivity index (χ1) is 11.4. The molecule has 0 saturated heterocycles. The summed E-state index contributed by atoms with van der Waals surface area (Å²) in [7, 11) is -3.79. The predicted octanol–water partition coefficient (Wildman–Crippen LogP) is 1.70. The first-order valence-corrected chi connectivity index (χ1v) is 8.77. The number of hydrogen-bond donors (Lipinski definition) is 3. The van der Waals surface area contributed by atoms with Crippen LogP contribution in [0.15, 0.2) is 53.4 Å². The van der Waals surface area contributed by atoms with E-state index in [4.69, 9.17) is 5.14 Å². The third-order valence-electron chi connectivity index (χ3n) is 3.72. The monoisotopic (exact) mass is 344 g/mol. The van der Waals surface area contributed by atoms with Gasteiger partial charge in [-0.05, 0) is 30.7 Å². The first kappa shape index (κ1) is 16.2. The van der Waals surface area contributed by atoms with Crippen molar-refractivity contribution in [3.8, 4) is 0 Å². The summed E-state index contributed by atoms with van der Waals surface area (Å²) < 4.78 is 22.9. The zero-order chi connectivity index (χ0) is 17.3. The van der Waals surface area contributed by atoms with Crippen molar-refractivity contribution in [2.75, 3.05) is 0 Å². The number of carbonyl (C=O) groups is 1. The molecule has 0 saturated carbocycles. The minimum absolute atomic E-state index is 0.00585. The van der Waals surface area contributed by atoms with Crippen molar-refractivity contribution in [2.45, 2.75) is 17.9 Å². The van der Waals surface area contributed by atoms with Crippen LogP contribution in [0.4, 0.5) is 0 Å². The summed E-state index contributed by atoms with van der Waals surface area (Å²) in [6, 6.07) is 13.1. The molecule has 24 heavy (non-hydrogen) atoms. The van der Waals surface area contributed by atoms with E-state index >= 15 is 0 Å². The molecule has 4 N–H and O–H groups in total. The van der Waals surface area contributed by atoms with Crippen LogP contribution < -0.4 is 10.5 Å². The van der Waals surface area contributed by atoms with Crippen molar-refractivity contribution in [3.05, 3.63) is 59.8 Å². The van der Waals surface area contributed by atoms with Gasteiger partial charge in [0.05, 0.1) is 16.5 Å². The number of amides is 1. The van der Waals surface area contributed by atoms with Gasteiger partial charge < -0.3 is 5.32 Å².